The largest absolute Gasteiger partial charge is 0.387 e. The molecule has 2 rings (SSSR count). The fourth-order valence-corrected chi connectivity index (χ4v) is 2.79. The van der Waals surface area contributed by atoms with Crippen LogP contribution in [0.15, 0.2) is 12.3 Å². The number of aliphatic hydroxyl groups excluding tert-OH is 1. The third-order valence-corrected chi connectivity index (χ3v) is 3.84. The average Bonchev–Trinajstić information content (AvgIpc) is 2.88. The first kappa shape index (κ1) is 15.4. The monoisotopic (exact) mass is 280 g/mol. The first-order chi connectivity index (χ1) is 9.37. The molecule has 1 saturated carbocycles. The third-order valence-electron chi connectivity index (χ3n) is 3.84. The highest BCUT2D eigenvalue weighted by Crippen LogP contribution is 2.36. The van der Waals surface area contributed by atoms with Crippen LogP contribution in [0, 0.1) is 5.82 Å². The third kappa shape index (κ3) is 4.00. The number of aromatic nitrogens is 1. The Labute approximate surface area is 120 Å². The van der Waals surface area contributed by atoms with Crippen LogP contribution in [0.2, 0.25) is 0 Å². The van der Waals surface area contributed by atoms with E-state index in [1.54, 1.807) is 0 Å². The van der Waals surface area contributed by atoms with Crippen LogP contribution < -0.4 is 5.32 Å². The lowest BCUT2D eigenvalue weighted by Gasteiger charge is -2.24. The second kappa shape index (κ2) is 6.19. The van der Waals surface area contributed by atoms with E-state index in [4.69, 9.17) is 0 Å². The first-order valence-electron chi connectivity index (χ1n) is 7.45. The van der Waals surface area contributed by atoms with Crippen LogP contribution >= 0.6 is 0 Å². The molecular weight excluding hydrogens is 255 g/mol. The van der Waals surface area contributed by atoms with Gasteiger partial charge in [-0.1, -0.05) is 12.8 Å². The summed E-state index contributed by atoms with van der Waals surface area (Å²) in [6, 6.07) is 1.44. The SMILES string of the molecule is CC(C)(C)NC[C@H](O)c1cc(F)cnc1C1CCCC1. The minimum absolute atomic E-state index is 0.0742. The van der Waals surface area contributed by atoms with E-state index in [1.165, 1.54) is 25.1 Å². The molecule has 1 atom stereocenters. The standard InChI is InChI=1S/C16H25FN2O/c1-16(2,3)19-10-14(20)13-8-12(17)9-18-15(13)11-6-4-5-7-11/h8-9,11,14,19-20H,4-7,10H2,1-3H3/t14-/m0/s1. The molecule has 0 saturated heterocycles. The molecule has 0 unspecified atom stereocenters. The smallest absolute Gasteiger partial charge is 0.141 e. The molecule has 1 fully saturated rings. The molecule has 0 aliphatic heterocycles. The van der Waals surface area contributed by atoms with Crippen LogP contribution in [0.3, 0.4) is 0 Å². The molecule has 0 amide bonds. The average molecular weight is 280 g/mol. The summed E-state index contributed by atoms with van der Waals surface area (Å²) in [7, 11) is 0. The highest BCUT2D eigenvalue weighted by Gasteiger charge is 2.25. The van der Waals surface area contributed by atoms with E-state index in [0.29, 0.717) is 18.0 Å². The molecule has 20 heavy (non-hydrogen) atoms. The Bertz CT molecular complexity index is 450. The van der Waals surface area contributed by atoms with Crippen molar-refractivity contribution in [1.82, 2.24) is 10.3 Å². The molecule has 1 aromatic rings. The van der Waals surface area contributed by atoms with E-state index in [1.807, 2.05) is 20.8 Å². The van der Waals surface area contributed by atoms with Crippen molar-refractivity contribution in [3.05, 3.63) is 29.3 Å². The van der Waals surface area contributed by atoms with E-state index >= 15 is 0 Å². The highest BCUT2D eigenvalue weighted by molar-refractivity contribution is 5.27. The lowest BCUT2D eigenvalue weighted by Crippen LogP contribution is -2.38. The predicted octanol–water partition coefficient (Wildman–Crippen LogP) is 3.30. The van der Waals surface area contributed by atoms with Gasteiger partial charge >= 0.3 is 0 Å². The van der Waals surface area contributed by atoms with Gasteiger partial charge in [0.15, 0.2) is 0 Å². The summed E-state index contributed by atoms with van der Waals surface area (Å²) in [6.07, 6.45) is 5.11. The van der Waals surface area contributed by atoms with Crippen molar-refractivity contribution in [2.45, 2.75) is 64.0 Å². The Balaban J connectivity index is 2.17. The summed E-state index contributed by atoms with van der Waals surface area (Å²) in [5.74, 6) is -0.00792. The summed E-state index contributed by atoms with van der Waals surface area (Å²) < 4.78 is 13.5. The Morgan fingerprint density at radius 3 is 2.65 bits per heavy atom. The Morgan fingerprint density at radius 1 is 1.40 bits per heavy atom. The minimum Gasteiger partial charge on any atom is -0.387 e. The lowest BCUT2D eigenvalue weighted by atomic mass is 9.95. The van der Waals surface area contributed by atoms with Gasteiger partial charge in [0.05, 0.1) is 12.3 Å². The fraction of sp³-hybridized carbons (Fsp3) is 0.688. The minimum atomic E-state index is -0.715. The maximum Gasteiger partial charge on any atom is 0.141 e. The van der Waals surface area contributed by atoms with Crippen molar-refractivity contribution in [3.63, 3.8) is 0 Å². The van der Waals surface area contributed by atoms with Gasteiger partial charge in [-0.25, -0.2) is 4.39 Å². The quantitative estimate of drug-likeness (QED) is 0.889. The second-order valence-corrected chi connectivity index (χ2v) is 6.76. The van der Waals surface area contributed by atoms with Gasteiger partial charge in [-0.3, -0.25) is 4.98 Å². The molecule has 1 aliphatic carbocycles. The molecule has 0 aromatic carbocycles. The molecule has 0 radical (unpaired) electrons. The molecular formula is C16H25FN2O. The van der Waals surface area contributed by atoms with Crippen molar-refractivity contribution in [3.8, 4) is 0 Å². The number of rotatable bonds is 4. The molecule has 1 aliphatic rings. The van der Waals surface area contributed by atoms with E-state index in [0.717, 1.165) is 18.5 Å². The van der Waals surface area contributed by atoms with Crippen LogP contribution in [0.25, 0.3) is 0 Å². The molecule has 0 spiro atoms. The summed E-state index contributed by atoms with van der Waals surface area (Å²) in [5.41, 5.74) is 1.45. The van der Waals surface area contributed by atoms with Crippen LogP contribution in [0.1, 0.15) is 69.7 Å². The van der Waals surface area contributed by atoms with E-state index in [-0.39, 0.29) is 11.4 Å². The van der Waals surface area contributed by atoms with E-state index in [2.05, 4.69) is 10.3 Å². The van der Waals surface area contributed by atoms with Gasteiger partial charge in [-0.05, 0) is 39.7 Å². The Morgan fingerprint density at radius 2 is 2.05 bits per heavy atom. The van der Waals surface area contributed by atoms with Gasteiger partial charge in [-0.15, -0.1) is 0 Å². The number of β-amino-alcohol motifs (C(OH)–C–C–N with tert-alkyl or cyclic N) is 1. The fourth-order valence-electron chi connectivity index (χ4n) is 2.79. The number of pyridine rings is 1. The van der Waals surface area contributed by atoms with Crippen molar-refractivity contribution in [2.75, 3.05) is 6.54 Å². The number of aliphatic hydroxyl groups is 1. The molecule has 3 nitrogen and oxygen atoms in total. The van der Waals surface area contributed by atoms with Gasteiger partial charge in [0.25, 0.3) is 0 Å². The summed E-state index contributed by atoms with van der Waals surface area (Å²) in [4.78, 5) is 4.26. The molecule has 0 bridgehead atoms. The molecule has 2 N–H and O–H groups in total. The number of nitrogens with one attached hydrogen (secondary N) is 1. The predicted molar refractivity (Wildman–Crippen MR) is 78.1 cm³/mol. The normalized spacial score (nSPS) is 18.4. The van der Waals surface area contributed by atoms with Gasteiger partial charge < -0.3 is 10.4 Å². The van der Waals surface area contributed by atoms with Crippen molar-refractivity contribution < 1.29 is 9.50 Å². The van der Waals surface area contributed by atoms with Crippen LogP contribution in [0.4, 0.5) is 4.39 Å². The van der Waals surface area contributed by atoms with Crippen LogP contribution in [-0.4, -0.2) is 22.2 Å². The molecule has 112 valence electrons. The zero-order chi connectivity index (χ0) is 14.8. The van der Waals surface area contributed by atoms with Gasteiger partial charge in [0.2, 0.25) is 0 Å². The highest BCUT2D eigenvalue weighted by atomic mass is 19.1. The zero-order valence-corrected chi connectivity index (χ0v) is 12.6. The number of hydrogen-bond donors (Lipinski definition) is 2. The number of halogens is 1. The van der Waals surface area contributed by atoms with Crippen molar-refractivity contribution >= 4 is 0 Å². The van der Waals surface area contributed by atoms with Gasteiger partial charge in [-0.2, -0.15) is 0 Å². The van der Waals surface area contributed by atoms with E-state index in [9.17, 15) is 9.50 Å². The van der Waals surface area contributed by atoms with Gasteiger partial charge in [0, 0.05) is 29.3 Å². The maximum absolute atomic E-state index is 13.5. The maximum atomic E-state index is 13.5. The van der Waals surface area contributed by atoms with Gasteiger partial charge in [0.1, 0.15) is 5.82 Å². The zero-order valence-electron chi connectivity index (χ0n) is 12.6. The lowest BCUT2D eigenvalue weighted by molar-refractivity contribution is 0.161. The Kier molecular flexibility index (Phi) is 4.76. The first-order valence-corrected chi connectivity index (χ1v) is 7.45. The number of hydrogen-bond acceptors (Lipinski definition) is 3. The topological polar surface area (TPSA) is 45.1 Å². The second-order valence-electron chi connectivity index (χ2n) is 6.76. The van der Waals surface area contributed by atoms with Crippen LogP contribution in [-0.2, 0) is 0 Å². The van der Waals surface area contributed by atoms with Crippen LogP contribution in [0.5, 0.6) is 0 Å². The van der Waals surface area contributed by atoms with Crippen molar-refractivity contribution in [1.29, 1.82) is 0 Å². The summed E-state index contributed by atoms with van der Waals surface area (Å²) >= 11 is 0. The molecule has 1 heterocycles. The summed E-state index contributed by atoms with van der Waals surface area (Å²) in [6.45, 7) is 6.54. The van der Waals surface area contributed by atoms with Crippen molar-refractivity contribution in [2.24, 2.45) is 0 Å². The molecule has 4 heteroatoms. The molecule has 1 aromatic heterocycles. The number of nitrogens with zero attached hydrogens (tertiary/aromatic N) is 1. The Hall–Kier alpha value is -1.00. The summed E-state index contributed by atoms with van der Waals surface area (Å²) in [5, 5.41) is 13.6. The van der Waals surface area contributed by atoms with E-state index < -0.39 is 6.10 Å².